The molecule has 0 aromatic heterocycles. The average molecular weight is 270 g/mol. The molecular formula is C16H34N2O. The zero-order valence-corrected chi connectivity index (χ0v) is 13.7. The van der Waals surface area contributed by atoms with Crippen molar-refractivity contribution in [3.63, 3.8) is 0 Å². The predicted octanol–water partition coefficient (Wildman–Crippen LogP) is 2.76. The quantitative estimate of drug-likeness (QED) is 0.625. The third-order valence-electron chi connectivity index (χ3n) is 4.70. The SMILES string of the molecule is CCNCC(C)(CC)CN(CCOC)C(C)C1CC1. The van der Waals surface area contributed by atoms with Crippen LogP contribution in [-0.2, 0) is 4.74 Å². The first-order valence-electron chi connectivity index (χ1n) is 8.00. The monoisotopic (exact) mass is 270 g/mol. The van der Waals surface area contributed by atoms with E-state index in [-0.39, 0.29) is 0 Å². The second kappa shape index (κ2) is 8.23. The van der Waals surface area contributed by atoms with Crippen LogP contribution in [0.5, 0.6) is 0 Å². The number of nitrogens with one attached hydrogen (secondary N) is 1. The first-order valence-corrected chi connectivity index (χ1v) is 8.00. The van der Waals surface area contributed by atoms with Gasteiger partial charge in [-0.05, 0) is 44.1 Å². The van der Waals surface area contributed by atoms with Crippen LogP contribution in [0.2, 0.25) is 0 Å². The van der Waals surface area contributed by atoms with Gasteiger partial charge in [0, 0.05) is 32.8 Å². The summed E-state index contributed by atoms with van der Waals surface area (Å²) in [5, 5.41) is 3.53. The first-order chi connectivity index (χ1) is 9.06. The highest BCUT2D eigenvalue weighted by atomic mass is 16.5. The van der Waals surface area contributed by atoms with Crippen molar-refractivity contribution in [2.45, 2.75) is 53.0 Å². The molecule has 2 atom stereocenters. The molecule has 114 valence electrons. The lowest BCUT2D eigenvalue weighted by Gasteiger charge is -2.38. The molecule has 0 saturated heterocycles. The molecule has 0 bridgehead atoms. The van der Waals surface area contributed by atoms with E-state index >= 15 is 0 Å². The Balaban J connectivity index is 2.56. The standard InChI is InChI=1S/C16H34N2O/c1-6-16(4,12-17-7-2)13-18(10-11-19-5)14(3)15-8-9-15/h14-15,17H,6-13H2,1-5H3. The summed E-state index contributed by atoms with van der Waals surface area (Å²) in [6.07, 6.45) is 4.06. The maximum absolute atomic E-state index is 5.29. The zero-order chi connectivity index (χ0) is 14.3. The average Bonchev–Trinajstić information content (AvgIpc) is 3.25. The van der Waals surface area contributed by atoms with Crippen molar-refractivity contribution in [3.8, 4) is 0 Å². The van der Waals surface area contributed by atoms with Gasteiger partial charge in [0.1, 0.15) is 0 Å². The lowest BCUT2D eigenvalue weighted by molar-refractivity contribution is 0.0755. The van der Waals surface area contributed by atoms with Crippen LogP contribution < -0.4 is 5.32 Å². The summed E-state index contributed by atoms with van der Waals surface area (Å²) in [5.41, 5.74) is 0.368. The predicted molar refractivity (Wildman–Crippen MR) is 82.6 cm³/mol. The van der Waals surface area contributed by atoms with Crippen molar-refractivity contribution < 1.29 is 4.74 Å². The van der Waals surface area contributed by atoms with Gasteiger partial charge in [-0.25, -0.2) is 0 Å². The Labute approximate surface area is 120 Å². The first kappa shape index (κ1) is 16.9. The number of ether oxygens (including phenoxy) is 1. The minimum atomic E-state index is 0.368. The van der Waals surface area contributed by atoms with Crippen LogP contribution >= 0.6 is 0 Å². The molecule has 0 heterocycles. The van der Waals surface area contributed by atoms with Crippen LogP contribution in [0.3, 0.4) is 0 Å². The molecular weight excluding hydrogens is 236 g/mol. The van der Waals surface area contributed by atoms with Gasteiger partial charge in [0.2, 0.25) is 0 Å². The second-order valence-electron chi connectivity index (χ2n) is 6.49. The van der Waals surface area contributed by atoms with E-state index in [1.54, 1.807) is 7.11 Å². The van der Waals surface area contributed by atoms with Gasteiger partial charge < -0.3 is 10.1 Å². The molecule has 1 fully saturated rings. The molecule has 0 amide bonds. The van der Waals surface area contributed by atoms with Gasteiger partial charge in [-0.2, -0.15) is 0 Å². The van der Waals surface area contributed by atoms with Crippen LogP contribution in [0, 0.1) is 11.3 Å². The normalized spacial score (nSPS) is 20.5. The van der Waals surface area contributed by atoms with Gasteiger partial charge in [-0.1, -0.05) is 20.8 Å². The number of hydrogen-bond donors (Lipinski definition) is 1. The zero-order valence-electron chi connectivity index (χ0n) is 13.7. The summed E-state index contributed by atoms with van der Waals surface area (Å²) in [6.45, 7) is 14.6. The lowest BCUT2D eigenvalue weighted by Crippen LogP contribution is -2.47. The molecule has 0 radical (unpaired) electrons. The summed E-state index contributed by atoms with van der Waals surface area (Å²) in [5.74, 6) is 0.928. The minimum Gasteiger partial charge on any atom is -0.383 e. The topological polar surface area (TPSA) is 24.5 Å². The Morgan fingerprint density at radius 2 is 2.05 bits per heavy atom. The molecule has 3 nitrogen and oxygen atoms in total. The van der Waals surface area contributed by atoms with Crippen molar-refractivity contribution in [2.75, 3.05) is 39.9 Å². The van der Waals surface area contributed by atoms with Crippen molar-refractivity contribution in [3.05, 3.63) is 0 Å². The van der Waals surface area contributed by atoms with Crippen molar-refractivity contribution in [1.82, 2.24) is 10.2 Å². The highest BCUT2D eigenvalue weighted by molar-refractivity contribution is 4.89. The summed E-state index contributed by atoms with van der Waals surface area (Å²) < 4.78 is 5.29. The van der Waals surface area contributed by atoms with Gasteiger partial charge in [0.15, 0.2) is 0 Å². The Kier molecular flexibility index (Phi) is 7.33. The molecule has 1 rings (SSSR count). The third-order valence-corrected chi connectivity index (χ3v) is 4.70. The Bertz CT molecular complexity index is 243. The largest absolute Gasteiger partial charge is 0.383 e. The molecule has 1 saturated carbocycles. The van der Waals surface area contributed by atoms with Crippen LogP contribution in [0.4, 0.5) is 0 Å². The third kappa shape index (κ3) is 5.80. The highest BCUT2D eigenvalue weighted by Crippen LogP contribution is 2.36. The summed E-state index contributed by atoms with van der Waals surface area (Å²) >= 11 is 0. The maximum Gasteiger partial charge on any atom is 0.0589 e. The molecule has 0 aromatic carbocycles. The molecule has 19 heavy (non-hydrogen) atoms. The van der Waals surface area contributed by atoms with Gasteiger partial charge in [-0.3, -0.25) is 4.90 Å². The fourth-order valence-electron chi connectivity index (χ4n) is 2.72. The van der Waals surface area contributed by atoms with Crippen molar-refractivity contribution >= 4 is 0 Å². The molecule has 3 heteroatoms. The molecule has 1 aliphatic carbocycles. The van der Waals surface area contributed by atoms with E-state index in [2.05, 4.69) is 37.9 Å². The van der Waals surface area contributed by atoms with E-state index < -0.39 is 0 Å². The number of hydrogen-bond acceptors (Lipinski definition) is 3. The van der Waals surface area contributed by atoms with Gasteiger partial charge in [0.05, 0.1) is 6.61 Å². The second-order valence-corrected chi connectivity index (χ2v) is 6.49. The summed E-state index contributed by atoms with van der Waals surface area (Å²) in [4.78, 5) is 2.65. The smallest absolute Gasteiger partial charge is 0.0589 e. The number of rotatable bonds is 11. The molecule has 0 aromatic rings. The fraction of sp³-hybridized carbons (Fsp3) is 1.00. The molecule has 0 spiro atoms. The van der Waals surface area contributed by atoms with Gasteiger partial charge >= 0.3 is 0 Å². The van der Waals surface area contributed by atoms with E-state index in [1.165, 1.54) is 25.8 Å². The van der Waals surface area contributed by atoms with E-state index in [9.17, 15) is 0 Å². The van der Waals surface area contributed by atoms with Crippen molar-refractivity contribution in [1.29, 1.82) is 0 Å². The van der Waals surface area contributed by atoms with Gasteiger partial charge in [-0.15, -0.1) is 0 Å². The number of nitrogens with zero attached hydrogens (tertiary/aromatic N) is 1. The van der Waals surface area contributed by atoms with E-state index in [0.29, 0.717) is 11.5 Å². The molecule has 2 unspecified atom stereocenters. The Morgan fingerprint density at radius 3 is 2.53 bits per heavy atom. The van der Waals surface area contributed by atoms with Crippen LogP contribution in [-0.4, -0.2) is 50.8 Å². The highest BCUT2D eigenvalue weighted by Gasteiger charge is 2.34. The molecule has 1 N–H and O–H groups in total. The van der Waals surface area contributed by atoms with Crippen LogP contribution in [0.15, 0.2) is 0 Å². The van der Waals surface area contributed by atoms with Gasteiger partial charge in [0.25, 0.3) is 0 Å². The minimum absolute atomic E-state index is 0.368. The Morgan fingerprint density at radius 1 is 1.37 bits per heavy atom. The van der Waals surface area contributed by atoms with Crippen molar-refractivity contribution in [2.24, 2.45) is 11.3 Å². The summed E-state index contributed by atoms with van der Waals surface area (Å²) in [6, 6.07) is 0.711. The maximum atomic E-state index is 5.29. The van der Waals surface area contributed by atoms with Crippen LogP contribution in [0.1, 0.15) is 47.0 Å². The fourth-order valence-corrected chi connectivity index (χ4v) is 2.72. The Hall–Kier alpha value is -0.120. The molecule has 0 aliphatic heterocycles. The molecule has 1 aliphatic rings. The van der Waals surface area contributed by atoms with E-state index in [4.69, 9.17) is 4.74 Å². The summed E-state index contributed by atoms with van der Waals surface area (Å²) in [7, 11) is 1.80. The number of methoxy groups -OCH3 is 1. The van der Waals surface area contributed by atoms with Crippen LogP contribution in [0.25, 0.3) is 0 Å². The van der Waals surface area contributed by atoms with E-state index in [1.807, 2.05) is 0 Å². The van der Waals surface area contributed by atoms with E-state index in [0.717, 1.165) is 32.2 Å². The lowest BCUT2D eigenvalue weighted by atomic mass is 9.86.